The van der Waals surface area contributed by atoms with Gasteiger partial charge in [0.15, 0.2) is 10.9 Å². The first-order chi connectivity index (χ1) is 11.5. The molecule has 24 heavy (non-hydrogen) atoms. The maximum absolute atomic E-state index is 13.0. The molecule has 0 radical (unpaired) electrons. The summed E-state index contributed by atoms with van der Waals surface area (Å²) in [5, 5.41) is 7.89. The van der Waals surface area contributed by atoms with E-state index in [-0.39, 0.29) is 9.92 Å². The standard InChI is InChI=1S/C14H12ClN5O2S2/c1-16-11-10-5-6-23-14(10)20-12(17-11)13(18-19-20)24(21,22)9-4-2-3-8(15)7-9/h2-7,18-19H,1H3,(H,16,17). The molecule has 124 valence electrons. The molecule has 1 aromatic heterocycles. The van der Waals surface area contributed by atoms with Gasteiger partial charge in [-0.15, -0.1) is 16.9 Å². The van der Waals surface area contributed by atoms with Crippen LogP contribution in [0.5, 0.6) is 0 Å². The number of amidine groups is 1. The molecule has 3 heterocycles. The van der Waals surface area contributed by atoms with Crippen LogP contribution in [0.4, 0.5) is 5.00 Å². The van der Waals surface area contributed by atoms with Crippen LogP contribution in [0.25, 0.3) is 0 Å². The normalized spacial score (nSPS) is 18.2. The highest BCUT2D eigenvalue weighted by molar-refractivity contribution is 7.95. The Balaban J connectivity index is 1.87. The van der Waals surface area contributed by atoms with E-state index in [0.717, 1.165) is 10.6 Å². The summed E-state index contributed by atoms with van der Waals surface area (Å²) >= 11 is 7.42. The smallest absolute Gasteiger partial charge is 0.226 e. The van der Waals surface area contributed by atoms with Gasteiger partial charge in [-0.3, -0.25) is 10.4 Å². The SMILES string of the molecule is CN=C1NC2=C(S(=O)(=O)c3cccc(Cl)c3)NNN2c2sccc21. The number of sulfone groups is 1. The van der Waals surface area contributed by atoms with Crippen LogP contribution in [0.2, 0.25) is 5.02 Å². The second-order valence-electron chi connectivity index (χ2n) is 5.05. The van der Waals surface area contributed by atoms with Crippen molar-refractivity contribution in [2.24, 2.45) is 4.99 Å². The number of nitrogens with one attached hydrogen (secondary N) is 3. The number of anilines is 1. The lowest BCUT2D eigenvalue weighted by molar-refractivity contribution is 0.593. The van der Waals surface area contributed by atoms with Crippen LogP contribution in [0, 0.1) is 0 Å². The molecular weight excluding hydrogens is 370 g/mol. The fourth-order valence-electron chi connectivity index (χ4n) is 2.55. The molecule has 2 aromatic rings. The van der Waals surface area contributed by atoms with Crippen molar-refractivity contribution in [3.05, 3.63) is 57.1 Å². The molecule has 0 amide bonds. The lowest BCUT2D eigenvalue weighted by Crippen LogP contribution is -2.45. The molecule has 2 aliphatic rings. The van der Waals surface area contributed by atoms with Crippen molar-refractivity contribution in [3.8, 4) is 0 Å². The summed E-state index contributed by atoms with van der Waals surface area (Å²) in [6.07, 6.45) is 0. The van der Waals surface area contributed by atoms with Crippen molar-refractivity contribution >= 4 is 43.6 Å². The molecule has 0 fully saturated rings. The number of aliphatic imine (C=N–C) groups is 1. The minimum Gasteiger partial charge on any atom is -0.323 e. The third-order valence-corrected chi connectivity index (χ3v) is 6.50. The summed E-state index contributed by atoms with van der Waals surface area (Å²) in [6.45, 7) is 0. The number of rotatable bonds is 2. The van der Waals surface area contributed by atoms with Crippen LogP contribution >= 0.6 is 22.9 Å². The van der Waals surface area contributed by atoms with E-state index in [2.05, 4.69) is 21.3 Å². The average molecular weight is 382 g/mol. The van der Waals surface area contributed by atoms with E-state index in [1.165, 1.54) is 23.5 Å². The van der Waals surface area contributed by atoms with Crippen LogP contribution in [-0.4, -0.2) is 21.3 Å². The first-order valence-electron chi connectivity index (χ1n) is 6.91. The molecule has 0 saturated heterocycles. The van der Waals surface area contributed by atoms with Crippen molar-refractivity contribution in [1.82, 2.24) is 16.3 Å². The molecule has 1 aromatic carbocycles. The Labute approximate surface area is 147 Å². The first-order valence-corrected chi connectivity index (χ1v) is 9.65. The van der Waals surface area contributed by atoms with Crippen LogP contribution in [0.3, 0.4) is 0 Å². The molecule has 0 atom stereocenters. The van der Waals surface area contributed by atoms with E-state index < -0.39 is 9.84 Å². The van der Waals surface area contributed by atoms with Crippen molar-refractivity contribution in [2.75, 3.05) is 12.1 Å². The zero-order valence-corrected chi connectivity index (χ0v) is 14.8. The van der Waals surface area contributed by atoms with E-state index >= 15 is 0 Å². The van der Waals surface area contributed by atoms with E-state index in [9.17, 15) is 8.42 Å². The highest BCUT2D eigenvalue weighted by Gasteiger charge is 2.38. The minimum absolute atomic E-state index is 0.0185. The van der Waals surface area contributed by atoms with E-state index in [1.807, 2.05) is 11.4 Å². The molecule has 0 unspecified atom stereocenters. The Morgan fingerprint density at radius 1 is 1.29 bits per heavy atom. The van der Waals surface area contributed by atoms with Crippen LogP contribution in [0.15, 0.2) is 56.4 Å². The van der Waals surface area contributed by atoms with Gasteiger partial charge in [0.05, 0.1) is 10.5 Å². The summed E-state index contributed by atoms with van der Waals surface area (Å²) in [5.41, 5.74) is 6.53. The maximum atomic E-state index is 13.0. The summed E-state index contributed by atoms with van der Waals surface area (Å²) < 4.78 is 25.9. The second-order valence-corrected chi connectivity index (χ2v) is 8.26. The Hall–Kier alpha value is -2.07. The molecule has 0 aliphatic carbocycles. The minimum atomic E-state index is -3.78. The maximum Gasteiger partial charge on any atom is 0.226 e. The van der Waals surface area contributed by atoms with Gasteiger partial charge in [0.2, 0.25) is 9.84 Å². The third-order valence-electron chi connectivity index (χ3n) is 3.66. The lowest BCUT2D eigenvalue weighted by atomic mass is 10.2. The number of hydrogen-bond acceptors (Lipinski definition) is 7. The number of hydrazine groups is 2. The Kier molecular flexibility index (Phi) is 3.53. The number of nitrogens with zero attached hydrogens (tertiary/aromatic N) is 2. The van der Waals surface area contributed by atoms with Gasteiger partial charge in [0, 0.05) is 12.1 Å². The monoisotopic (exact) mass is 381 g/mol. The third kappa shape index (κ3) is 2.20. The molecule has 10 heteroatoms. The highest BCUT2D eigenvalue weighted by Crippen LogP contribution is 2.36. The van der Waals surface area contributed by atoms with Crippen LogP contribution < -0.4 is 21.3 Å². The van der Waals surface area contributed by atoms with Gasteiger partial charge in [-0.05, 0) is 29.6 Å². The summed E-state index contributed by atoms with van der Waals surface area (Å²) in [5.74, 6) is 0.993. The topological polar surface area (TPSA) is 85.8 Å². The second kappa shape index (κ2) is 5.49. The van der Waals surface area contributed by atoms with Crippen molar-refractivity contribution < 1.29 is 8.42 Å². The molecule has 3 N–H and O–H groups in total. The summed E-state index contributed by atoms with van der Waals surface area (Å²) in [7, 11) is -2.13. The van der Waals surface area contributed by atoms with Crippen LogP contribution in [-0.2, 0) is 9.84 Å². The van der Waals surface area contributed by atoms with Crippen molar-refractivity contribution in [1.29, 1.82) is 0 Å². The molecule has 0 saturated carbocycles. The predicted octanol–water partition coefficient (Wildman–Crippen LogP) is 1.81. The highest BCUT2D eigenvalue weighted by atomic mass is 35.5. The van der Waals surface area contributed by atoms with E-state index in [0.29, 0.717) is 16.7 Å². The number of fused-ring (bicyclic) bond motifs is 3. The predicted molar refractivity (Wildman–Crippen MR) is 94.3 cm³/mol. The lowest BCUT2D eigenvalue weighted by Gasteiger charge is -2.27. The quantitative estimate of drug-likeness (QED) is 0.735. The summed E-state index contributed by atoms with van der Waals surface area (Å²) in [4.78, 5) is 4.32. The number of benzene rings is 1. The number of thiophene rings is 1. The Bertz CT molecular complexity index is 996. The van der Waals surface area contributed by atoms with Gasteiger partial charge < -0.3 is 5.32 Å². The Morgan fingerprint density at radius 3 is 2.88 bits per heavy atom. The first kappa shape index (κ1) is 15.5. The van der Waals surface area contributed by atoms with Crippen LogP contribution in [0.1, 0.15) is 5.56 Å². The number of hydrogen-bond donors (Lipinski definition) is 3. The zero-order chi connectivity index (χ0) is 16.9. The summed E-state index contributed by atoms with van der Waals surface area (Å²) in [6, 6.07) is 8.09. The van der Waals surface area contributed by atoms with Gasteiger partial charge in [0.1, 0.15) is 10.8 Å². The Morgan fingerprint density at radius 2 is 2.12 bits per heavy atom. The van der Waals surface area contributed by atoms with Gasteiger partial charge in [-0.2, -0.15) is 0 Å². The van der Waals surface area contributed by atoms with Crippen molar-refractivity contribution in [3.63, 3.8) is 0 Å². The molecule has 0 bridgehead atoms. The number of halogens is 1. The van der Waals surface area contributed by atoms with E-state index in [1.54, 1.807) is 24.2 Å². The molecular formula is C14H12ClN5O2S2. The molecule has 2 aliphatic heterocycles. The fourth-order valence-corrected chi connectivity index (χ4v) is 5.02. The zero-order valence-electron chi connectivity index (χ0n) is 12.4. The molecule has 0 spiro atoms. The van der Waals surface area contributed by atoms with Gasteiger partial charge >= 0.3 is 0 Å². The molecule has 4 rings (SSSR count). The van der Waals surface area contributed by atoms with Gasteiger partial charge in [0.25, 0.3) is 0 Å². The van der Waals surface area contributed by atoms with E-state index in [4.69, 9.17) is 11.6 Å². The van der Waals surface area contributed by atoms with Gasteiger partial charge in [-0.1, -0.05) is 17.7 Å². The fraction of sp³-hybridized carbons (Fsp3) is 0.0714. The van der Waals surface area contributed by atoms with Gasteiger partial charge in [-0.25, -0.2) is 13.4 Å². The average Bonchev–Trinajstić information content (AvgIpc) is 3.20. The van der Waals surface area contributed by atoms with Crippen molar-refractivity contribution in [2.45, 2.75) is 4.90 Å². The largest absolute Gasteiger partial charge is 0.323 e. The molecule has 7 nitrogen and oxygen atoms in total.